The fourth-order valence-electron chi connectivity index (χ4n) is 1.94. The summed E-state index contributed by atoms with van der Waals surface area (Å²) in [5.41, 5.74) is 2.51. The van der Waals surface area contributed by atoms with E-state index in [-0.39, 0.29) is 0 Å². The normalized spacial score (nSPS) is 15.5. The first-order chi connectivity index (χ1) is 8.15. The Kier molecular flexibility index (Phi) is 4.02. The van der Waals surface area contributed by atoms with E-state index >= 15 is 0 Å². The predicted octanol–water partition coefficient (Wildman–Crippen LogP) is 2.33. The molecule has 17 heavy (non-hydrogen) atoms. The van der Waals surface area contributed by atoms with E-state index in [9.17, 15) is 0 Å². The van der Waals surface area contributed by atoms with Crippen molar-refractivity contribution in [2.75, 3.05) is 20.1 Å². The van der Waals surface area contributed by atoms with Crippen molar-refractivity contribution in [3.8, 4) is 0 Å². The maximum atomic E-state index is 5.30. The molecule has 1 aliphatic rings. The number of rotatable bonds is 7. The van der Waals surface area contributed by atoms with E-state index in [1.807, 2.05) is 13.0 Å². The van der Waals surface area contributed by atoms with Crippen molar-refractivity contribution in [1.82, 2.24) is 10.2 Å². The van der Waals surface area contributed by atoms with Crippen molar-refractivity contribution in [2.45, 2.75) is 32.4 Å². The van der Waals surface area contributed by atoms with Gasteiger partial charge in [0.15, 0.2) is 0 Å². The Bertz CT molecular complexity index is 379. The molecule has 0 aromatic carbocycles. The van der Waals surface area contributed by atoms with E-state index in [4.69, 9.17) is 4.42 Å². The molecule has 3 heteroatoms. The zero-order valence-electron chi connectivity index (χ0n) is 10.8. The first-order valence-corrected chi connectivity index (χ1v) is 6.26. The summed E-state index contributed by atoms with van der Waals surface area (Å²) < 4.78 is 5.30. The van der Waals surface area contributed by atoms with Gasteiger partial charge >= 0.3 is 0 Å². The van der Waals surface area contributed by atoms with Gasteiger partial charge in [-0.2, -0.15) is 0 Å². The highest BCUT2D eigenvalue weighted by Gasteiger charge is 2.20. The van der Waals surface area contributed by atoms with Gasteiger partial charge in [0.05, 0.1) is 6.26 Å². The average molecular weight is 234 g/mol. The second kappa shape index (κ2) is 5.52. The zero-order chi connectivity index (χ0) is 12.3. The third kappa shape index (κ3) is 4.02. The lowest BCUT2D eigenvalue weighted by Crippen LogP contribution is -2.26. The van der Waals surface area contributed by atoms with E-state index in [0.717, 1.165) is 31.4 Å². The molecule has 94 valence electrons. The van der Waals surface area contributed by atoms with Gasteiger partial charge in [-0.05, 0) is 38.5 Å². The number of likely N-dealkylation sites (N-methyl/N-ethyl adjacent to an activating group) is 1. The molecule has 0 atom stereocenters. The molecule has 0 bridgehead atoms. The van der Waals surface area contributed by atoms with Crippen molar-refractivity contribution >= 4 is 0 Å². The van der Waals surface area contributed by atoms with Gasteiger partial charge in [-0.3, -0.25) is 4.90 Å². The molecule has 0 radical (unpaired) electrons. The van der Waals surface area contributed by atoms with Crippen molar-refractivity contribution in [2.24, 2.45) is 0 Å². The van der Waals surface area contributed by atoms with Crippen LogP contribution in [0, 0.1) is 6.92 Å². The molecule has 1 aliphatic carbocycles. The summed E-state index contributed by atoms with van der Waals surface area (Å²) in [6.07, 6.45) is 4.41. The molecule has 0 spiro atoms. The molecule has 1 aromatic rings. The maximum Gasteiger partial charge on any atom is 0.105 e. The number of furan rings is 1. The highest BCUT2D eigenvalue weighted by molar-refractivity contribution is 5.15. The maximum absolute atomic E-state index is 5.30. The van der Waals surface area contributed by atoms with Gasteiger partial charge in [-0.15, -0.1) is 0 Å². The first kappa shape index (κ1) is 12.4. The molecule has 0 amide bonds. The Morgan fingerprint density at radius 2 is 2.35 bits per heavy atom. The topological polar surface area (TPSA) is 28.4 Å². The highest BCUT2D eigenvalue weighted by Crippen LogP contribution is 2.18. The van der Waals surface area contributed by atoms with E-state index in [2.05, 4.69) is 23.8 Å². The van der Waals surface area contributed by atoms with E-state index in [0.29, 0.717) is 0 Å². The Morgan fingerprint density at radius 1 is 1.59 bits per heavy atom. The number of aryl methyl sites for hydroxylation is 1. The summed E-state index contributed by atoms with van der Waals surface area (Å²) in [5, 5.41) is 3.49. The van der Waals surface area contributed by atoms with Crippen molar-refractivity contribution in [3.63, 3.8) is 0 Å². The van der Waals surface area contributed by atoms with Crippen LogP contribution in [0.3, 0.4) is 0 Å². The number of hydrogen-bond donors (Lipinski definition) is 1. The molecule has 0 unspecified atom stereocenters. The Balaban J connectivity index is 1.70. The number of nitrogens with zero attached hydrogens (tertiary/aromatic N) is 1. The summed E-state index contributed by atoms with van der Waals surface area (Å²) in [6.45, 7) is 8.93. The van der Waals surface area contributed by atoms with Crippen molar-refractivity contribution < 1.29 is 4.42 Å². The third-order valence-corrected chi connectivity index (χ3v) is 3.12. The lowest BCUT2D eigenvalue weighted by molar-refractivity contribution is 0.348. The van der Waals surface area contributed by atoms with Crippen LogP contribution in [0.4, 0.5) is 0 Å². The summed E-state index contributed by atoms with van der Waals surface area (Å²) in [7, 11) is 2.12. The Hall–Kier alpha value is -1.06. The molecular weight excluding hydrogens is 212 g/mol. The number of hydrogen-bond acceptors (Lipinski definition) is 3. The lowest BCUT2D eigenvalue weighted by Gasteiger charge is -2.18. The average Bonchev–Trinajstić information content (AvgIpc) is 3.02. The van der Waals surface area contributed by atoms with Crippen LogP contribution in [0.25, 0.3) is 0 Å². The van der Waals surface area contributed by atoms with Crippen LogP contribution in [0.2, 0.25) is 0 Å². The van der Waals surface area contributed by atoms with Crippen molar-refractivity contribution in [3.05, 3.63) is 35.8 Å². The fraction of sp³-hybridized carbons (Fsp3) is 0.571. The molecule has 1 aromatic heterocycles. The van der Waals surface area contributed by atoms with Crippen LogP contribution in [0.5, 0.6) is 0 Å². The summed E-state index contributed by atoms with van der Waals surface area (Å²) in [4.78, 5) is 2.27. The number of nitrogens with one attached hydrogen (secondary N) is 1. The van der Waals surface area contributed by atoms with Gasteiger partial charge in [-0.1, -0.05) is 6.58 Å². The monoisotopic (exact) mass is 234 g/mol. The quantitative estimate of drug-likeness (QED) is 0.734. The van der Waals surface area contributed by atoms with E-state index < -0.39 is 0 Å². The van der Waals surface area contributed by atoms with E-state index in [1.165, 1.54) is 24.0 Å². The molecule has 1 saturated carbocycles. The van der Waals surface area contributed by atoms with Crippen LogP contribution in [0.1, 0.15) is 24.2 Å². The molecule has 0 aliphatic heterocycles. The third-order valence-electron chi connectivity index (χ3n) is 3.12. The van der Waals surface area contributed by atoms with Gasteiger partial charge in [-0.25, -0.2) is 0 Å². The first-order valence-electron chi connectivity index (χ1n) is 6.26. The second-order valence-corrected chi connectivity index (χ2v) is 5.08. The summed E-state index contributed by atoms with van der Waals surface area (Å²) >= 11 is 0. The zero-order valence-corrected chi connectivity index (χ0v) is 10.8. The molecule has 2 rings (SSSR count). The van der Waals surface area contributed by atoms with E-state index in [1.54, 1.807) is 6.26 Å². The van der Waals surface area contributed by atoms with Crippen LogP contribution in [-0.4, -0.2) is 31.1 Å². The van der Waals surface area contributed by atoms with Crippen LogP contribution < -0.4 is 5.32 Å². The Morgan fingerprint density at radius 3 is 2.94 bits per heavy atom. The smallest absolute Gasteiger partial charge is 0.105 e. The summed E-state index contributed by atoms with van der Waals surface area (Å²) in [6, 6.07) is 2.80. The molecule has 1 heterocycles. The van der Waals surface area contributed by atoms with Crippen molar-refractivity contribution in [1.29, 1.82) is 0 Å². The fourth-order valence-corrected chi connectivity index (χ4v) is 1.94. The largest absolute Gasteiger partial charge is 0.469 e. The van der Waals surface area contributed by atoms with Crippen LogP contribution >= 0.6 is 0 Å². The molecule has 1 fully saturated rings. The molecular formula is C14H22N2O. The Labute approximate surface area is 103 Å². The molecule has 0 saturated heterocycles. The summed E-state index contributed by atoms with van der Waals surface area (Å²) in [5.74, 6) is 1.01. The SMILES string of the molecule is C=C(CNC1CC1)CN(C)Cc1ccoc1C. The highest BCUT2D eigenvalue weighted by atomic mass is 16.3. The molecule has 1 N–H and O–H groups in total. The standard InChI is InChI=1S/C14H22N2O/c1-11(8-15-14-4-5-14)9-16(3)10-13-6-7-17-12(13)2/h6-7,14-15H,1,4-5,8-10H2,2-3H3. The second-order valence-electron chi connectivity index (χ2n) is 5.08. The van der Waals surface area contributed by atoms with Crippen LogP contribution in [0.15, 0.2) is 28.9 Å². The minimum atomic E-state index is 0.758. The van der Waals surface area contributed by atoms with Gasteiger partial charge in [0, 0.05) is 31.2 Å². The minimum Gasteiger partial charge on any atom is -0.469 e. The molecule has 3 nitrogen and oxygen atoms in total. The van der Waals surface area contributed by atoms with Gasteiger partial charge in [0.25, 0.3) is 0 Å². The van der Waals surface area contributed by atoms with Crippen LogP contribution in [-0.2, 0) is 6.54 Å². The van der Waals surface area contributed by atoms with Gasteiger partial charge in [0.2, 0.25) is 0 Å². The predicted molar refractivity (Wildman–Crippen MR) is 69.9 cm³/mol. The lowest BCUT2D eigenvalue weighted by atomic mass is 10.2. The van der Waals surface area contributed by atoms with Gasteiger partial charge < -0.3 is 9.73 Å². The van der Waals surface area contributed by atoms with Gasteiger partial charge in [0.1, 0.15) is 5.76 Å². The minimum absolute atomic E-state index is 0.758.